The van der Waals surface area contributed by atoms with Crippen molar-refractivity contribution >= 4 is 21.6 Å². The largest absolute Gasteiger partial charge is 0.392 e. The van der Waals surface area contributed by atoms with Crippen molar-refractivity contribution in [2.24, 2.45) is 0 Å². The second-order valence-electron chi connectivity index (χ2n) is 4.08. The molecule has 4 nitrogen and oxygen atoms in total. The zero-order valence-corrected chi connectivity index (χ0v) is 12.5. The van der Waals surface area contributed by atoms with Crippen molar-refractivity contribution in [3.8, 4) is 12.3 Å². The number of halogens is 2. The molecule has 0 fully saturated rings. The summed E-state index contributed by atoms with van der Waals surface area (Å²) in [5, 5.41) is 8.80. The van der Waals surface area contributed by atoms with Crippen LogP contribution in [0.2, 0.25) is 5.02 Å². The molecule has 0 aliphatic carbocycles. The first kappa shape index (κ1) is 16.9. The normalized spacial score (nSPS) is 11.6. The van der Waals surface area contributed by atoms with Crippen molar-refractivity contribution in [2.75, 3.05) is 13.1 Å². The summed E-state index contributed by atoms with van der Waals surface area (Å²) in [6.07, 6.45) is 5.73. The van der Waals surface area contributed by atoms with Crippen LogP contribution < -0.4 is 0 Å². The third-order valence-corrected chi connectivity index (χ3v) is 4.87. The summed E-state index contributed by atoms with van der Waals surface area (Å²) in [6.45, 7) is 1.38. The number of hydrogen-bond acceptors (Lipinski definition) is 3. The molecule has 0 aliphatic heterocycles. The summed E-state index contributed by atoms with van der Waals surface area (Å²) >= 11 is 5.64. The van der Waals surface area contributed by atoms with Crippen molar-refractivity contribution in [3.63, 3.8) is 0 Å². The maximum atomic E-state index is 13.6. The molecule has 0 aromatic heterocycles. The fourth-order valence-corrected chi connectivity index (χ4v) is 3.34. The van der Waals surface area contributed by atoms with Gasteiger partial charge in [-0.15, -0.1) is 6.42 Å². The van der Waals surface area contributed by atoms with E-state index in [9.17, 15) is 12.8 Å². The quantitative estimate of drug-likeness (QED) is 0.816. The van der Waals surface area contributed by atoms with Gasteiger partial charge in [0.05, 0.1) is 23.1 Å². The van der Waals surface area contributed by atoms with Gasteiger partial charge in [-0.2, -0.15) is 4.31 Å². The Morgan fingerprint density at radius 1 is 1.50 bits per heavy atom. The van der Waals surface area contributed by atoms with E-state index in [0.29, 0.717) is 6.42 Å². The van der Waals surface area contributed by atoms with Crippen LogP contribution in [0, 0.1) is 18.2 Å². The van der Waals surface area contributed by atoms with E-state index < -0.39 is 22.4 Å². The van der Waals surface area contributed by atoms with Crippen molar-refractivity contribution in [2.45, 2.75) is 24.8 Å². The standard InChI is InChI=1S/C13H15ClFNO3S/c1-3-5-16(6-4-2)20(18,19)11-7-10(9-17)13(14)12(15)8-11/h1,7-8,17H,4-6,9H2,2H3. The lowest BCUT2D eigenvalue weighted by atomic mass is 10.2. The Bertz CT molecular complexity index is 625. The lowest BCUT2D eigenvalue weighted by Gasteiger charge is -2.19. The molecule has 0 heterocycles. The van der Waals surface area contributed by atoms with Crippen LogP contribution in [-0.2, 0) is 16.6 Å². The van der Waals surface area contributed by atoms with Crippen LogP contribution in [0.4, 0.5) is 4.39 Å². The van der Waals surface area contributed by atoms with E-state index in [1.807, 2.05) is 0 Å². The number of rotatable bonds is 6. The van der Waals surface area contributed by atoms with Gasteiger partial charge in [0.1, 0.15) is 5.82 Å². The van der Waals surface area contributed by atoms with Crippen molar-refractivity contribution in [1.29, 1.82) is 0 Å². The first-order chi connectivity index (χ1) is 9.38. The summed E-state index contributed by atoms with van der Waals surface area (Å²) < 4.78 is 39.5. The van der Waals surface area contributed by atoms with Crippen LogP contribution in [0.1, 0.15) is 18.9 Å². The van der Waals surface area contributed by atoms with E-state index in [1.54, 1.807) is 6.92 Å². The Morgan fingerprint density at radius 3 is 2.65 bits per heavy atom. The fraction of sp³-hybridized carbons (Fsp3) is 0.385. The molecule has 1 aromatic rings. The van der Waals surface area contributed by atoms with Gasteiger partial charge in [-0.1, -0.05) is 24.4 Å². The predicted molar refractivity (Wildman–Crippen MR) is 75.2 cm³/mol. The number of hydrogen-bond donors (Lipinski definition) is 1. The van der Waals surface area contributed by atoms with Crippen LogP contribution in [-0.4, -0.2) is 30.9 Å². The summed E-state index contributed by atoms with van der Waals surface area (Å²) in [4.78, 5) is -0.271. The van der Waals surface area contributed by atoms with Gasteiger partial charge in [-0.05, 0) is 18.6 Å². The summed E-state index contributed by atoms with van der Waals surface area (Å²) in [5.74, 6) is 1.37. The monoisotopic (exact) mass is 319 g/mol. The molecule has 0 bridgehead atoms. The van der Waals surface area contributed by atoms with Gasteiger partial charge < -0.3 is 5.11 Å². The second kappa shape index (κ2) is 7.04. The van der Waals surface area contributed by atoms with Gasteiger partial charge in [0, 0.05) is 12.1 Å². The predicted octanol–water partition coefficient (Wildman–Crippen LogP) is 2.01. The maximum absolute atomic E-state index is 13.6. The summed E-state index contributed by atoms with van der Waals surface area (Å²) in [5.41, 5.74) is 0.0161. The third-order valence-electron chi connectivity index (χ3n) is 2.63. The maximum Gasteiger partial charge on any atom is 0.244 e. The highest BCUT2D eigenvalue weighted by Crippen LogP contribution is 2.26. The SMILES string of the molecule is C#CCN(CCC)S(=O)(=O)c1cc(F)c(Cl)c(CO)c1. The molecule has 1 rings (SSSR count). The number of aliphatic hydroxyl groups is 1. The lowest BCUT2D eigenvalue weighted by Crippen LogP contribution is -2.32. The van der Waals surface area contributed by atoms with E-state index in [1.165, 1.54) is 0 Å². The molecule has 0 radical (unpaired) electrons. The minimum absolute atomic E-state index is 0.0161. The Labute approximate surface area is 123 Å². The van der Waals surface area contributed by atoms with Gasteiger partial charge >= 0.3 is 0 Å². The zero-order chi connectivity index (χ0) is 15.3. The number of terminal acetylenes is 1. The van der Waals surface area contributed by atoms with Crippen LogP contribution in [0.15, 0.2) is 17.0 Å². The molecule has 0 unspecified atom stereocenters. The molecule has 20 heavy (non-hydrogen) atoms. The number of aliphatic hydroxyl groups excluding tert-OH is 1. The van der Waals surface area contributed by atoms with E-state index in [4.69, 9.17) is 23.1 Å². The molecule has 0 saturated carbocycles. The average molecular weight is 320 g/mol. The van der Waals surface area contributed by atoms with Crippen molar-refractivity contribution in [3.05, 3.63) is 28.5 Å². The molecule has 0 saturated heterocycles. The van der Waals surface area contributed by atoms with Gasteiger partial charge in [-0.3, -0.25) is 0 Å². The average Bonchev–Trinajstić information content (AvgIpc) is 2.41. The topological polar surface area (TPSA) is 57.6 Å². The first-order valence-electron chi connectivity index (χ1n) is 5.90. The minimum atomic E-state index is -3.92. The Morgan fingerprint density at radius 2 is 2.15 bits per heavy atom. The molecule has 0 atom stereocenters. The highest BCUT2D eigenvalue weighted by atomic mass is 35.5. The van der Waals surface area contributed by atoms with Crippen molar-refractivity contribution < 1.29 is 17.9 Å². The molecular formula is C13H15ClFNO3S. The Kier molecular flexibility index (Phi) is 5.96. The molecule has 110 valence electrons. The molecule has 0 amide bonds. The van der Waals surface area contributed by atoms with Crippen LogP contribution in [0.25, 0.3) is 0 Å². The smallest absolute Gasteiger partial charge is 0.244 e. The van der Waals surface area contributed by atoms with E-state index in [-0.39, 0.29) is 28.6 Å². The van der Waals surface area contributed by atoms with E-state index in [2.05, 4.69) is 5.92 Å². The molecule has 1 aromatic carbocycles. The molecule has 0 aliphatic rings. The second-order valence-corrected chi connectivity index (χ2v) is 6.39. The number of sulfonamides is 1. The highest BCUT2D eigenvalue weighted by molar-refractivity contribution is 7.89. The highest BCUT2D eigenvalue weighted by Gasteiger charge is 2.25. The zero-order valence-electron chi connectivity index (χ0n) is 10.9. The summed E-state index contributed by atoms with van der Waals surface area (Å²) in [6, 6.07) is 1.98. The summed E-state index contributed by atoms with van der Waals surface area (Å²) in [7, 11) is -3.92. The van der Waals surface area contributed by atoms with Crippen LogP contribution in [0.3, 0.4) is 0 Å². The first-order valence-corrected chi connectivity index (χ1v) is 7.72. The molecule has 0 spiro atoms. The molecule has 7 heteroatoms. The van der Waals surface area contributed by atoms with Gasteiger partial charge in [0.15, 0.2) is 0 Å². The van der Waals surface area contributed by atoms with Crippen LogP contribution >= 0.6 is 11.6 Å². The third kappa shape index (κ3) is 3.49. The molecular weight excluding hydrogens is 305 g/mol. The van der Waals surface area contributed by atoms with Gasteiger partial charge in [0.25, 0.3) is 0 Å². The number of nitrogens with zero attached hydrogens (tertiary/aromatic N) is 1. The van der Waals surface area contributed by atoms with Gasteiger partial charge in [-0.25, -0.2) is 12.8 Å². The van der Waals surface area contributed by atoms with Gasteiger partial charge in [0.2, 0.25) is 10.0 Å². The lowest BCUT2D eigenvalue weighted by molar-refractivity contribution is 0.281. The number of benzene rings is 1. The van der Waals surface area contributed by atoms with Crippen molar-refractivity contribution in [1.82, 2.24) is 4.31 Å². The Hall–Kier alpha value is -1.13. The fourth-order valence-electron chi connectivity index (χ4n) is 1.67. The Balaban J connectivity index is 3.34. The van der Waals surface area contributed by atoms with E-state index >= 15 is 0 Å². The minimum Gasteiger partial charge on any atom is -0.392 e. The molecule has 1 N–H and O–H groups in total. The van der Waals surface area contributed by atoms with Crippen LogP contribution in [0.5, 0.6) is 0 Å². The van der Waals surface area contributed by atoms with E-state index in [0.717, 1.165) is 16.4 Å².